The van der Waals surface area contributed by atoms with Crippen LogP contribution in [-0.2, 0) is 9.84 Å². The van der Waals surface area contributed by atoms with Crippen LogP contribution < -0.4 is 5.84 Å². The number of hydrogen-bond acceptors (Lipinski definition) is 4. The Bertz CT molecular complexity index is 406. The molecule has 1 radical (unpaired) electrons. The number of benzene rings is 1. The molecule has 0 bridgehead atoms. The minimum atomic E-state index is -3.57. The van der Waals surface area contributed by atoms with Crippen LogP contribution in [0.15, 0.2) is 34.3 Å². The highest BCUT2D eigenvalue weighted by Crippen LogP contribution is 2.09. The summed E-state index contributed by atoms with van der Waals surface area (Å²) in [6, 6.07) is 6.38. The van der Waals surface area contributed by atoms with Gasteiger partial charge in [0.1, 0.15) is 0 Å². The number of aryl methyl sites for hydroxylation is 1. The SMILES string of the molecule is Cc1ccc(S(=O)(=O)[C]=NN)cc1. The van der Waals surface area contributed by atoms with E-state index in [1.54, 1.807) is 12.1 Å². The maximum absolute atomic E-state index is 11.3. The maximum atomic E-state index is 11.3. The summed E-state index contributed by atoms with van der Waals surface area (Å²) in [6.07, 6.45) is 0. The Labute approximate surface area is 77.0 Å². The van der Waals surface area contributed by atoms with Gasteiger partial charge in [0.2, 0.25) is 15.4 Å². The van der Waals surface area contributed by atoms with Gasteiger partial charge in [0.15, 0.2) is 0 Å². The maximum Gasteiger partial charge on any atom is 0.228 e. The highest BCUT2D eigenvalue weighted by Gasteiger charge is 2.11. The fourth-order valence-corrected chi connectivity index (χ4v) is 1.58. The lowest BCUT2D eigenvalue weighted by Gasteiger charge is -1.96. The zero-order valence-electron chi connectivity index (χ0n) is 7.06. The van der Waals surface area contributed by atoms with E-state index >= 15 is 0 Å². The minimum Gasteiger partial charge on any atom is -0.322 e. The van der Waals surface area contributed by atoms with Gasteiger partial charge < -0.3 is 5.84 Å². The van der Waals surface area contributed by atoms with Gasteiger partial charge in [-0.3, -0.25) is 0 Å². The van der Waals surface area contributed by atoms with Crippen LogP contribution in [0.4, 0.5) is 0 Å². The molecule has 4 nitrogen and oxygen atoms in total. The molecule has 0 unspecified atom stereocenters. The second-order valence-electron chi connectivity index (χ2n) is 2.54. The Morgan fingerprint density at radius 2 is 1.85 bits per heavy atom. The molecule has 5 heteroatoms. The third kappa shape index (κ3) is 2.29. The van der Waals surface area contributed by atoms with Crippen LogP contribution >= 0.6 is 0 Å². The molecule has 0 saturated heterocycles. The van der Waals surface area contributed by atoms with Crippen molar-refractivity contribution in [3.63, 3.8) is 0 Å². The van der Waals surface area contributed by atoms with Crippen LogP contribution in [0.3, 0.4) is 0 Å². The summed E-state index contributed by atoms with van der Waals surface area (Å²) in [7, 11) is -3.57. The van der Waals surface area contributed by atoms with E-state index in [2.05, 4.69) is 5.10 Å². The van der Waals surface area contributed by atoms with E-state index in [0.29, 0.717) is 0 Å². The molecule has 0 atom stereocenters. The van der Waals surface area contributed by atoms with Gasteiger partial charge in [-0.1, -0.05) is 17.7 Å². The first-order valence-corrected chi connectivity index (χ1v) is 5.03. The Kier molecular flexibility index (Phi) is 2.67. The van der Waals surface area contributed by atoms with Crippen LogP contribution in [0.25, 0.3) is 0 Å². The lowest BCUT2D eigenvalue weighted by atomic mass is 10.2. The van der Waals surface area contributed by atoms with Crippen molar-refractivity contribution in [2.24, 2.45) is 10.9 Å². The van der Waals surface area contributed by atoms with Crippen LogP contribution in [0.5, 0.6) is 0 Å². The fourth-order valence-electron chi connectivity index (χ4n) is 0.840. The van der Waals surface area contributed by atoms with Crippen LogP contribution in [0.1, 0.15) is 5.56 Å². The summed E-state index contributed by atoms with van der Waals surface area (Å²) in [5.74, 6) is 4.72. The molecule has 0 fully saturated rings. The number of nitrogens with zero attached hydrogens (tertiary/aromatic N) is 1. The molecule has 0 aliphatic rings. The molecule has 1 rings (SSSR count). The van der Waals surface area contributed by atoms with Crippen LogP contribution in [0.2, 0.25) is 0 Å². The van der Waals surface area contributed by atoms with Crippen molar-refractivity contribution in [1.82, 2.24) is 0 Å². The minimum absolute atomic E-state index is 0.146. The highest BCUT2D eigenvalue weighted by atomic mass is 32.2. The number of nitrogens with two attached hydrogens (primary N) is 1. The van der Waals surface area contributed by atoms with E-state index in [1.165, 1.54) is 12.1 Å². The first-order valence-electron chi connectivity index (χ1n) is 3.54. The van der Waals surface area contributed by atoms with Gasteiger partial charge in [-0.25, -0.2) is 8.42 Å². The predicted octanol–water partition coefficient (Wildman–Crippen LogP) is 0.548. The molecular weight excluding hydrogens is 188 g/mol. The first-order chi connectivity index (χ1) is 6.06. The Morgan fingerprint density at radius 1 is 1.31 bits per heavy atom. The molecular formula is C8H9N2O2S. The number of hydrogen-bond donors (Lipinski definition) is 1. The lowest BCUT2D eigenvalue weighted by molar-refractivity contribution is 0.608. The molecule has 0 aliphatic heterocycles. The van der Waals surface area contributed by atoms with Crippen molar-refractivity contribution in [3.8, 4) is 0 Å². The Morgan fingerprint density at radius 3 is 2.31 bits per heavy atom. The van der Waals surface area contributed by atoms with Crippen molar-refractivity contribution >= 4 is 15.4 Å². The molecule has 0 aromatic heterocycles. The summed E-state index contributed by atoms with van der Waals surface area (Å²) < 4.78 is 22.5. The van der Waals surface area contributed by atoms with E-state index in [-0.39, 0.29) is 4.90 Å². The molecule has 2 N–H and O–H groups in total. The third-order valence-corrected chi connectivity index (χ3v) is 2.74. The Hall–Kier alpha value is -1.36. The van der Waals surface area contributed by atoms with Gasteiger partial charge in [-0.05, 0) is 19.1 Å². The fraction of sp³-hybridized carbons (Fsp3) is 0.125. The number of hydrazone groups is 1. The van der Waals surface area contributed by atoms with Crippen LogP contribution in [-0.4, -0.2) is 14.0 Å². The van der Waals surface area contributed by atoms with E-state index in [9.17, 15) is 8.42 Å². The average molecular weight is 197 g/mol. The summed E-state index contributed by atoms with van der Waals surface area (Å²) in [5, 5.41) is 2.87. The summed E-state index contributed by atoms with van der Waals surface area (Å²) in [5.41, 5.74) is 2.82. The Balaban J connectivity index is 3.17. The van der Waals surface area contributed by atoms with Crippen molar-refractivity contribution < 1.29 is 8.42 Å². The zero-order valence-corrected chi connectivity index (χ0v) is 7.88. The van der Waals surface area contributed by atoms with Gasteiger partial charge in [-0.15, -0.1) is 0 Å². The van der Waals surface area contributed by atoms with Gasteiger partial charge >= 0.3 is 0 Å². The normalized spacial score (nSPS) is 12.1. The van der Waals surface area contributed by atoms with Crippen molar-refractivity contribution in [2.45, 2.75) is 11.8 Å². The molecule has 0 saturated carbocycles. The van der Waals surface area contributed by atoms with Crippen molar-refractivity contribution in [2.75, 3.05) is 0 Å². The molecule has 0 aliphatic carbocycles. The van der Waals surface area contributed by atoms with E-state index in [4.69, 9.17) is 5.84 Å². The van der Waals surface area contributed by atoms with Crippen molar-refractivity contribution in [3.05, 3.63) is 29.8 Å². The first kappa shape index (κ1) is 9.73. The average Bonchev–Trinajstić information content (AvgIpc) is 2.05. The quantitative estimate of drug-likeness (QED) is 0.325. The molecule has 0 heterocycles. The van der Waals surface area contributed by atoms with Gasteiger partial charge in [-0.2, -0.15) is 5.10 Å². The van der Waals surface area contributed by atoms with Crippen LogP contribution in [0, 0.1) is 6.92 Å². The summed E-state index contributed by atoms with van der Waals surface area (Å²) in [6.45, 7) is 1.87. The molecule has 13 heavy (non-hydrogen) atoms. The standard InChI is InChI=1S/C8H9N2O2S/c1-7-2-4-8(5-3-7)13(11,12)6-10-9/h2-5H,9H2,1H3. The second-order valence-corrected chi connectivity index (χ2v) is 4.20. The van der Waals surface area contributed by atoms with Gasteiger partial charge in [0.05, 0.1) is 4.90 Å². The summed E-state index contributed by atoms with van der Waals surface area (Å²) >= 11 is 0. The third-order valence-electron chi connectivity index (χ3n) is 1.50. The van der Waals surface area contributed by atoms with E-state index < -0.39 is 9.84 Å². The van der Waals surface area contributed by atoms with E-state index in [0.717, 1.165) is 5.56 Å². The van der Waals surface area contributed by atoms with Gasteiger partial charge in [0, 0.05) is 0 Å². The molecule has 0 amide bonds. The van der Waals surface area contributed by atoms with Gasteiger partial charge in [0.25, 0.3) is 0 Å². The van der Waals surface area contributed by atoms with Crippen molar-refractivity contribution in [1.29, 1.82) is 0 Å². The topological polar surface area (TPSA) is 72.5 Å². The highest BCUT2D eigenvalue weighted by molar-refractivity contribution is 8.04. The zero-order chi connectivity index (χ0) is 9.90. The smallest absolute Gasteiger partial charge is 0.228 e. The largest absolute Gasteiger partial charge is 0.322 e. The molecule has 0 spiro atoms. The molecule has 69 valence electrons. The molecule has 1 aromatic rings. The van der Waals surface area contributed by atoms with E-state index in [1.807, 2.05) is 12.5 Å². The number of rotatable bonds is 2. The predicted molar refractivity (Wildman–Crippen MR) is 50.0 cm³/mol. The summed E-state index contributed by atoms with van der Waals surface area (Å²) in [4.78, 5) is 0.146. The monoisotopic (exact) mass is 197 g/mol. The lowest BCUT2D eigenvalue weighted by Crippen LogP contribution is -2.03. The number of sulfone groups is 1. The molecule has 1 aromatic carbocycles. The second kappa shape index (κ2) is 3.57.